The number of nitrogens with zero attached hydrogens (tertiary/aromatic N) is 1. The van der Waals surface area contributed by atoms with E-state index in [1.54, 1.807) is 18.2 Å². The van der Waals surface area contributed by atoms with Crippen molar-refractivity contribution in [2.75, 3.05) is 5.32 Å². The maximum Gasteiger partial charge on any atom is 0.263 e. The highest BCUT2D eigenvalue weighted by Gasteiger charge is 2.13. The van der Waals surface area contributed by atoms with Crippen LogP contribution in [0.2, 0.25) is 0 Å². The number of primary amides is 1. The fourth-order valence-corrected chi connectivity index (χ4v) is 2.58. The lowest BCUT2D eigenvalue weighted by Crippen LogP contribution is -2.29. The lowest BCUT2D eigenvalue weighted by atomic mass is 10.2. The third-order valence-electron chi connectivity index (χ3n) is 3.93. The first-order valence-electron chi connectivity index (χ1n) is 8.09. The molecule has 0 aliphatic carbocycles. The zero-order valence-electron chi connectivity index (χ0n) is 14.2. The van der Waals surface area contributed by atoms with Crippen LogP contribution < -0.4 is 16.6 Å². The van der Waals surface area contributed by atoms with Crippen LogP contribution in [-0.2, 0) is 6.54 Å². The van der Waals surface area contributed by atoms with E-state index in [1.165, 1.54) is 53.2 Å². The van der Waals surface area contributed by atoms with Crippen molar-refractivity contribution < 1.29 is 14.0 Å². The van der Waals surface area contributed by atoms with Gasteiger partial charge in [0.15, 0.2) is 0 Å². The maximum atomic E-state index is 13.3. The number of carbonyl (C=O) groups excluding carboxylic acids is 2. The first-order chi connectivity index (χ1) is 12.9. The molecule has 0 saturated carbocycles. The number of anilines is 1. The van der Waals surface area contributed by atoms with Crippen molar-refractivity contribution in [1.29, 1.82) is 0 Å². The van der Waals surface area contributed by atoms with Gasteiger partial charge in [0.2, 0.25) is 5.91 Å². The van der Waals surface area contributed by atoms with E-state index in [4.69, 9.17) is 5.73 Å². The highest BCUT2D eigenvalue weighted by atomic mass is 19.1. The number of amides is 2. The largest absolute Gasteiger partial charge is 0.366 e. The van der Waals surface area contributed by atoms with Gasteiger partial charge in [0.1, 0.15) is 11.4 Å². The Bertz CT molecular complexity index is 1060. The Balaban J connectivity index is 1.81. The van der Waals surface area contributed by atoms with Gasteiger partial charge in [-0.05, 0) is 54.1 Å². The molecule has 2 aromatic carbocycles. The van der Waals surface area contributed by atoms with Gasteiger partial charge in [-0.1, -0.05) is 12.1 Å². The fourth-order valence-electron chi connectivity index (χ4n) is 2.58. The van der Waals surface area contributed by atoms with Crippen molar-refractivity contribution in [3.63, 3.8) is 0 Å². The molecule has 0 atom stereocenters. The Labute approximate surface area is 154 Å². The number of nitrogens with one attached hydrogen (secondary N) is 1. The zero-order chi connectivity index (χ0) is 19.4. The summed E-state index contributed by atoms with van der Waals surface area (Å²) in [6, 6.07) is 14.9. The summed E-state index contributed by atoms with van der Waals surface area (Å²) in [7, 11) is 0. The molecule has 6 nitrogen and oxygen atoms in total. The molecule has 0 bridgehead atoms. The third kappa shape index (κ3) is 4.27. The highest BCUT2D eigenvalue weighted by Crippen LogP contribution is 2.11. The normalized spacial score (nSPS) is 10.4. The number of carbonyl (C=O) groups is 2. The molecule has 0 radical (unpaired) electrons. The van der Waals surface area contributed by atoms with E-state index < -0.39 is 23.2 Å². The molecular weight excluding hydrogens is 349 g/mol. The minimum atomic E-state index is -0.583. The highest BCUT2D eigenvalue weighted by molar-refractivity contribution is 6.04. The third-order valence-corrected chi connectivity index (χ3v) is 3.93. The Morgan fingerprint density at radius 3 is 2.44 bits per heavy atom. The minimum Gasteiger partial charge on any atom is -0.366 e. The molecule has 0 aliphatic rings. The van der Waals surface area contributed by atoms with Gasteiger partial charge >= 0.3 is 0 Å². The van der Waals surface area contributed by atoms with Gasteiger partial charge < -0.3 is 15.6 Å². The van der Waals surface area contributed by atoms with Crippen molar-refractivity contribution in [1.82, 2.24) is 4.57 Å². The number of aromatic nitrogens is 1. The van der Waals surface area contributed by atoms with E-state index >= 15 is 0 Å². The lowest BCUT2D eigenvalue weighted by Gasteiger charge is -2.09. The van der Waals surface area contributed by atoms with Crippen LogP contribution in [0.5, 0.6) is 0 Å². The summed E-state index contributed by atoms with van der Waals surface area (Å²) >= 11 is 0. The van der Waals surface area contributed by atoms with Crippen molar-refractivity contribution in [2.24, 2.45) is 5.73 Å². The number of benzene rings is 2. The summed E-state index contributed by atoms with van der Waals surface area (Å²) in [5.41, 5.74) is 5.97. The molecule has 27 heavy (non-hydrogen) atoms. The fraction of sp³-hybridized carbons (Fsp3) is 0.0500. The Kier molecular flexibility index (Phi) is 5.12. The van der Waals surface area contributed by atoms with Crippen molar-refractivity contribution in [3.8, 4) is 0 Å². The summed E-state index contributed by atoms with van der Waals surface area (Å²) < 4.78 is 14.7. The van der Waals surface area contributed by atoms with Gasteiger partial charge in [-0.25, -0.2) is 4.39 Å². The van der Waals surface area contributed by atoms with Crippen molar-refractivity contribution in [3.05, 3.63) is 99.7 Å². The van der Waals surface area contributed by atoms with Crippen molar-refractivity contribution in [2.45, 2.75) is 6.54 Å². The number of rotatable bonds is 5. The summed E-state index contributed by atoms with van der Waals surface area (Å²) in [5.74, 6) is -1.55. The van der Waals surface area contributed by atoms with E-state index in [1.807, 2.05) is 0 Å². The molecule has 136 valence electrons. The van der Waals surface area contributed by atoms with Crippen LogP contribution in [0.3, 0.4) is 0 Å². The summed E-state index contributed by atoms with van der Waals surface area (Å²) in [6.07, 6.45) is 1.53. The van der Waals surface area contributed by atoms with Crippen LogP contribution in [0.4, 0.5) is 10.1 Å². The van der Waals surface area contributed by atoms with Gasteiger partial charge in [-0.15, -0.1) is 0 Å². The molecular formula is C20H16FN3O3. The summed E-state index contributed by atoms with van der Waals surface area (Å²) in [4.78, 5) is 36.1. The van der Waals surface area contributed by atoms with Crippen LogP contribution in [0.1, 0.15) is 26.3 Å². The predicted octanol–water partition coefficient (Wildman–Crippen LogP) is 2.39. The van der Waals surface area contributed by atoms with Crippen LogP contribution in [0.25, 0.3) is 0 Å². The Hall–Kier alpha value is -3.74. The SMILES string of the molecule is NC(=O)c1ccc(NC(=O)c2cccn(Cc3cccc(F)c3)c2=O)cc1. The molecule has 0 spiro atoms. The van der Waals surface area contributed by atoms with Gasteiger partial charge in [-0.3, -0.25) is 14.4 Å². The topological polar surface area (TPSA) is 94.2 Å². The average Bonchev–Trinajstić information content (AvgIpc) is 2.64. The van der Waals surface area contributed by atoms with Crippen LogP contribution in [0.15, 0.2) is 71.7 Å². The molecule has 7 heteroatoms. The molecule has 3 N–H and O–H groups in total. The number of hydrogen-bond acceptors (Lipinski definition) is 3. The van der Waals surface area contributed by atoms with E-state index in [0.717, 1.165) is 0 Å². The summed E-state index contributed by atoms with van der Waals surface area (Å²) in [6.45, 7) is 0.144. The number of halogens is 1. The van der Waals surface area contributed by atoms with Gasteiger partial charge in [-0.2, -0.15) is 0 Å². The average molecular weight is 365 g/mol. The second-order valence-electron chi connectivity index (χ2n) is 5.88. The van der Waals surface area contributed by atoms with Crippen molar-refractivity contribution >= 4 is 17.5 Å². The smallest absolute Gasteiger partial charge is 0.263 e. The molecule has 3 rings (SSSR count). The molecule has 0 unspecified atom stereocenters. The first-order valence-corrected chi connectivity index (χ1v) is 8.09. The van der Waals surface area contributed by atoms with E-state index in [2.05, 4.69) is 5.32 Å². The first kappa shape index (κ1) is 18.1. The van der Waals surface area contributed by atoms with E-state index in [0.29, 0.717) is 16.8 Å². The molecule has 0 fully saturated rings. The van der Waals surface area contributed by atoms with Gasteiger partial charge in [0, 0.05) is 17.4 Å². The van der Waals surface area contributed by atoms with E-state index in [9.17, 15) is 18.8 Å². The van der Waals surface area contributed by atoms with Gasteiger partial charge in [0.05, 0.1) is 6.54 Å². The van der Waals surface area contributed by atoms with E-state index in [-0.39, 0.29) is 12.1 Å². The quantitative estimate of drug-likeness (QED) is 0.727. The zero-order valence-corrected chi connectivity index (χ0v) is 14.2. The number of hydrogen-bond donors (Lipinski definition) is 2. The molecule has 1 heterocycles. The Morgan fingerprint density at radius 2 is 1.78 bits per heavy atom. The second-order valence-corrected chi connectivity index (χ2v) is 5.88. The monoisotopic (exact) mass is 365 g/mol. The summed E-state index contributed by atoms with van der Waals surface area (Å²) in [5, 5.41) is 2.60. The molecule has 1 aromatic heterocycles. The standard InChI is InChI=1S/C20H16FN3O3/c21-15-4-1-3-13(11-15)12-24-10-2-5-17(20(24)27)19(26)23-16-8-6-14(7-9-16)18(22)25/h1-11H,12H2,(H2,22,25)(H,23,26). The Morgan fingerprint density at radius 1 is 1.04 bits per heavy atom. The van der Waals surface area contributed by atoms with Crippen LogP contribution >= 0.6 is 0 Å². The van der Waals surface area contributed by atoms with Crippen LogP contribution in [0, 0.1) is 5.82 Å². The molecule has 3 aromatic rings. The second kappa shape index (κ2) is 7.65. The number of pyridine rings is 1. The van der Waals surface area contributed by atoms with Crippen LogP contribution in [-0.4, -0.2) is 16.4 Å². The maximum absolute atomic E-state index is 13.3. The lowest BCUT2D eigenvalue weighted by molar-refractivity contribution is 0.0998. The molecule has 0 aliphatic heterocycles. The number of nitrogens with two attached hydrogens (primary N) is 1. The molecule has 2 amide bonds. The predicted molar refractivity (Wildman–Crippen MR) is 99.1 cm³/mol. The molecule has 0 saturated heterocycles. The minimum absolute atomic E-state index is 0.0483. The van der Waals surface area contributed by atoms with Gasteiger partial charge in [0.25, 0.3) is 11.5 Å².